The van der Waals surface area contributed by atoms with Gasteiger partial charge in [0.05, 0.1) is 6.61 Å². The molecule has 2 rings (SSSR count). The average Bonchev–Trinajstić information content (AvgIpc) is 2.47. The predicted octanol–water partition coefficient (Wildman–Crippen LogP) is 3.88. The Bertz CT molecular complexity index is 654. The van der Waals surface area contributed by atoms with Gasteiger partial charge in [0.25, 0.3) is 5.91 Å². The van der Waals surface area contributed by atoms with Gasteiger partial charge in [-0.25, -0.2) is 0 Å². The highest BCUT2D eigenvalue weighted by Gasteiger charge is 2.11. The summed E-state index contributed by atoms with van der Waals surface area (Å²) in [7, 11) is 0. The zero-order valence-corrected chi connectivity index (χ0v) is 11.4. The lowest BCUT2D eigenvalue weighted by Gasteiger charge is -2.11. The van der Waals surface area contributed by atoms with Crippen molar-refractivity contribution in [3.05, 3.63) is 67.0 Å². The number of allylic oxidation sites excluding steroid dienone is 2. The standard InChI is InChI=1S/C17H17NO2/c1-3-8-16(20-4-2)17(19)18-15-12-7-10-13-9-5-6-11-14(13)15/h3,5-12H,1,4H2,2H3,(H,18,19)/b16-8+. The Labute approximate surface area is 118 Å². The first kappa shape index (κ1) is 13.9. The van der Waals surface area contributed by atoms with E-state index < -0.39 is 0 Å². The zero-order valence-electron chi connectivity index (χ0n) is 11.4. The van der Waals surface area contributed by atoms with Crippen molar-refractivity contribution in [2.45, 2.75) is 6.92 Å². The van der Waals surface area contributed by atoms with E-state index in [1.807, 2.05) is 49.4 Å². The van der Waals surface area contributed by atoms with Crippen LogP contribution in [0.1, 0.15) is 6.92 Å². The van der Waals surface area contributed by atoms with Gasteiger partial charge >= 0.3 is 0 Å². The summed E-state index contributed by atoms with van der Waals surface area (Å²) in [5.74, 6) is -0.0152. The molecule has 2 aromatic rings. The molecule has 0 aliphatic heterocycles. The van der Waals surface area contributed by atoms with Gasteiger partial charge in [0.2, 0.25) is 0 Å². The van der Waals surface area contributed by atoms with Crippen molar-refractivity contribution < 1.29 is 9.53 Å². The molecule has 0 bridgehead atoms. The van der Waals surface area contributed by atoms with E-state index in [4.69, 9.17) is 4.74 Å². The number of rotatable bonds is 5. The molecule has 3 nitrogen and oxygen atoms in total. The smallest absolute Gasteiger partial charge is 0.290 e. The van der Waals surface area contributed by atoms with Crippen LogP contribution in [0.2, 0.25) is 0 Å². The minimum atomic E-state index is -0.275. The molecule has 1 amide bonds. The summed E-state index contributed by atoms with van der Waals surface area (Å²) in [6, 6.07) is 13.7. The van der Waals surface area contributed by atoms with Gasteiger partial charge in [-0.3, -0.25) is 4.79 Å². The van der Waals surface area contributed by atoms with Crippen LogP contribution in [0.5, 0.6) is 0 Å². The van der Waals surface area contributed by atoms with Crippen LogP contribution < -0.4 is 5.32 Å². The van der Waals surface area contributed by atoms with Crippen molar-refractivity contribution in [2.24, 2.45) is 0 Å². The molecule has 0 saturated carbocycles. The lowest BCUT2D eigenvalue weighted by Crippen LogP contribution is -2.16. The number of anilines is 1. The van der Waals surface area contributed by atoms with Crippen molar-refractivity contribution in [3.8, 4) is 0 Å². The topological polar surface area (TPSA) is 38.3 Å². The number of nitrogens with one attached hydrogen (secondary N) is 1. The minimum absolute atomic E-state index is 0.260. The molecule has 102 valence electrons. The number of fused-ring (bicyclic) bond motifs is 1. The number of ether oxygens (including phenoxy) is 1. The summed E-state index contributed by atoms with van der Waals surface area (Å²) in [5, 5.41) is 4.95. The summed E-state index contributed by atoms with van der Waals surface area (Å²) < 4.78 is 5.31. The van der Waals surface area contributed by atoms with Gasteiger partial charge in [-0.05, 0) is 24.5 Å². The molecule has 0 fully saturated rings. The van der Waals surface area contributed by atoms with Gasteiger partial charge in [0.15, 0.2) is 5.76 Å². The van der Waals surface area contributed by atoms with Crippen LogP contribution in [0.4, 0.5) is 5.69 Å². The van der Waals surface area contributed by atoms with E-state index in [0.29, 0.717) is 6.61 Å². The third kappa shape index (κ3) is 3.06. The van der Waals surface area contributed by atoms with Crippen LogP contribution in [0.15, 0.2) is 67.0 Å². The minimum Gasteiger partial charge on any atom is -0.488 e. The molecule has 0 radical (unpaired) electrons. The molecular weight excluding hydrogens is 250 g/mol. The van der Waals surface area contributed by atoms with Gasteiger partial charge in [0.1, 0.15) is 0 Å². The fourth-order valence-corrected chi connectivity index (χ4v) is 1.97. The second kappa shape index (κ2) is 6.57. The third-order valence-electron chi connectivity index (χ3n) is 2.83. The first-order chi connectivity index (χ1) is 9.76. The number of carbonyl (C=O) groups is 1. The lowest BCUT2D eigenvalue weighted by atomic mass is 10.1. The van der Waals surface area contributed by atoms with Crippen LogP contribution in [0.3, 0.4) is 0 Å². The summed E-state index contributed by atoms with van der Waals surface area (Å²) in [6.45, 7) is 5.85. The SMILES string of the molecule is C=C/C=C(/OCC)C(=O)Nc1cccc2ccccc12. The molecule has 0 atom stereocenters. The highest BCUT2D eigenvalue weighted by atomic mass is 16.5. The summed E-state index contributed by atoms with van der Waals surface area (Å²) in [5.41, 5.74) is 0.766. The van der Waals surface area contributed by atoms with Gasteiger partial charge in [-0.15, -0.1) is 0 Å². The Hall–Kier alpha value is -2.55. The fourth-order valence-electron chi connectivity index (χ4n) is 1.97. The van der Waals surface area contributed by atoms with Crippen molar-refractivity contribution in [1.29, 1.82) is 0 Å². The molecule has 0 saturated heterocycles. The molecule has 0 spiro atoms. The second-order valence-electron chi connectivity index (χ2n) is 4.18. The molecule has 0 aliphatic rings. The molecule has 1 N–H and O–H groups in total. The maximum atomic E-state index is 12.2. The van der Waals surface area contributed by atoms with Gasteiger partial charge in [0, 0.05) is 11.1 Å². The molecule has 0 unspecified atom stereocenters. The lowest BCUT2D eigenvalue weighted by molar-refractivity contribution is -0.116. The van der Waals surface area contributed by atoms with Crippen LogP contribution in [0.25, 0.3) is 10.8 Å². The Morgan fingerprint density at radius 1 is 1.25 bits per heavy atom. The predicted molar refractivity (Wildman–Crippen MR) is 82.5 cm³/mol. The Balaban J connectivity index is 2.30. The van der Waals surface area contributed by atoms with E-state index in [1.165, 1.54) is 6.08 Å². The maximum absolute atomic E-state index is 12.2. The first-order valence-corrected chi connectivity index (χ1v) is 6.51. The van der Waals surface area contributed by atoms with Gasteiger partial charge in [-0.2, -0.15) is 0 Å². The summed E-state index contributed by atoms with van der Waals surface area (Å²) in [4.78, 5) is 12.2. The first-order valence-electron chi connectivity index (χ1n) is 6.51. The van der Waals surface area contributed by atoms with Crippen LogP contribution in [-0.2, 0) is 9.53 Å². The van der Waals surface area contributed by atoms with E-state index in [9.17, 15) is 4.79 Å². The highest BCUT2D eigenvalue weighted by Crippen LogP contribution is 2.23. The second-order valence-corrected chi connectivity index (χ2v) is 4.18. The van der Waals surface area contributed by atoms with E-state index >= 15 is 0 Å². The van der Waals surface area contributed by atoms with Gasteiger partial charge in [-0.1, -0.05) is 49.1 Å². The van der Waals surface area contributed by atoms with Crippen molar-refractivity contribution in [2.75, 3.05) is 11.9 Å². The fraction of sp³-hybridized carbons (Fsp3) is 0.118. The molecule has 3 heteroatoms. The van der Waals surface area contributed by atoms with E-state index in [0.717, 1.165) is 16.5 Å². The summed E-state index contributed by atoms with van der Waals surface area (Å²) >= 11 is 0. The Kier molecular flexibility index (Phi) is 4.56. The van der Waals surface area contributed by atoms with Crippen molar-refractivity contribution in [3.63, 3.8) is 0 Å². The van der Waals surface area contributed by atoms with E-state index in [1.54, 1.807) is 6.08 Å². The van der Waals surface area contributed by atoms with Crippen molar-refractivity contribution in [1.82, 2.24) is 0 Å². The third-order valence-corrected chi connectivity index (χ3v) is 2.83. The number of amides is 1. The molecule has 0 heterocycles. The van der Waals surface area contributed by atoms with Crippen LogP contribution >= 0.6 is 0 Å². The zero-order chi connectivity index (χ0) is 14.4. The van der Waals surface area contributed by atoms with Gasteiger partial charge < -0.3 is 10.1 Å². The van der Waals surface area contributed by atoms with Crippen LogP contribution in [-0.4, -0.2) is 12.5 Å². The van der Waals surface area contributed by atoms with Crippen LogP contribution in [0, 0.1) is 0 Å². The van der Waals surface area contributed by atoms with Crippen molar-refractivity contribution >= 4 is 22.4 Å². The molecule has 0 aliphatic carbocycles. The maximum Gasteiger partial charge on any atom is 0.290 e. The Morgan fingerprint density at radius 3 is 2.75 bits per heavy atom. The number of benzene rings is 2. The van der Waals surface area contributed by atoms with E-state index in [-0.39, 0.29) is 11.7 Å². The Morgan fingerprint density at radius 2 is 2.00 bits per heavy atom. The van der Waals surface area contributed by atoms with E-state index in [2.05, 4.69) is 11.9 Å². The number of hydrogen-bond acceptors (Lipinski definition) is 2. The quantitative estimate of drug-likeness (QED) is 0.507. The molecule has 2 aromatic carbocycles. The summed E-state index contributed by atoms with van der Waals surface area (Å²) in [6.07, 6.45) is 3.09. The molecule has 0 aromatic heterocycles. The number of hydrogen-bond donors (Lipinski definition) is 1. The largest absolute Gasteiger partial charge is 0.488 e. The average molecular weight is 267 g/mol. The number of carbonyl (C=O) groups excluding carboxylic acids is 1. The monoisotopic (exact) mass is 267 g/mol. The molecular formula is C17H17NO2. The normalized spacial score (nSPS) is 11.2. The molecule has 20 heavy (non-hydrogen) atoms. The highest BCUT2D eigenvalue weighted by molar-refractivity contribution is 6.07.